The fraction of sp³-hybridized carbons (Fsp3) is 0.526. The first-order valence-corrected chi connectivity index (χ1v) is 8.81. The van der Waals surface area contributed by atoms with Crippen LogP contribution in [0.25, 0.3) is 0 Å². The van der Waals surface area contributed by atoms with E-state index in [1.54, 1.807) is 6.08 Å². The van der Waals surface area contributed by atoms with Gasteiger partial charge in [-0.3, -0.25) is 4.79 Å². The van der Waals surface area contributed by atoms with E-state index in [0.29, 0.717) is 12.5 Å². The van der Waals surface area contributed by atoms with Crippen LogP contribution in [0.5, 0.6) is 0 Å². The molecule has 1 aromatic carbocycles. The van der Waals surface area contributed by atoms with Crippen LogP contribution in [-0.4, -0.2) is 43.2 Å². The van der Waals surface area contributed by atoms with Crippen molar-refractivity contribution in [2.75, 3.05) is 26.3 Å². The molecule has 2 fully saturated rings. The maximum absolute atomic E-state index is 12.7. The quantitative estimate of drug-likeness (QED) is 0.619. The number of hydrogen-bond donors (Lipinski definition) is 2. The molecule has 0 bridgehead atoms. The van der Waals surface area contributed by atoms with E-state index >= 15 is 0 Å². The molecule has 2 N–H and O–H groups in total. The smallest absolute Gasteiger partial charge is 0.241 e. The zero-order valence-electron chi connectivity index (χ0n) is 14.1. The number of rotatable bonds is 6. The van der Waals surface area contributed by atoms with Gasteiger partial charge in [-0.2, -0.15) is 0 Å². The second-order valence-corrected chi connectivity index (χ2v) is 6.64. The number of carbonyl (C=O) groups excluding carboxylic acids is 1. The van der Waals surface area contributed by atoms with Gasteiger partial charge in [0.15, 0.2) is 0 Å². The van der Waals surface area contributed by atoms with Gasteiger partial charge >= 0.3 is 0 Å². The number of ether oxygens (including phenoxy) is 1. The molecule has 0 aliphatic carbocycles. The fourth-order valence-corrected chi connectivity index (χ4v) is 3.48. The summed E-state index contributed by atoms with van der Waals surface area (Å²) in [5.41, 5.74) is 7.66. The summed E-state index contributed by atoms with van der Waals surface area (Å²) in [5.74, 6) is 0.770. The number of hydrazine groups is 1. The Morgan fingerprint density at radius 1 is 1.25 bits per heavy atom. The van der Waals surface area contributed by atoms with Crippen LogP contribution in [0.2, 0.25) is 0 Å². The monoisotopic (exact) mass is 329 g/mol. The molecule has 1 aromatic rings. The number of carbonyl (C=O) groups is 1. The van der Waals surface area contributed by atoms with Gasteiger partial charge in [-0.1, -0.05) is 36.4 Å². The molecular formula is C19H27N3O2. The molecule has 3 rings (SSSR count). The highest BCUT2D eigenvalue weighted by atomic mass is 16.5. The zero-order valence-corrected chi connectivity index (χ0v) is 14.1. The molecule has 2 saturated heterocycles. The molecule has 2 atom stereocenters. The van der Waals surface area contributed by atoms with Crippen LogP contribution in [0.1, 0.15) is 30.9 Å². The second-order valence-electron chi connectivity index (χ2n) is 6.64. The third kappa shape index (κ3) is 4.23. The predicted octanol–water partition coefficient (Wildman–Crippen LogP) is 2.04. The minimum atomic E-state index is -0.135. The van der Waals surface area contributed by atoms with Crippen molar-refractivity contribution in [3.63, 3.8) is 0 Å². The van der Waals surface area contributed by atoms with Crippen LogP contribution >= 0.6 is 0 Å². The van der Waals surface area contributed by atoms with Crippen molar-refractivity contribution < 1.29 is 9.53 Å². The number of likely N-dealkylation sites (tertiary alicyclic amines) is 1. The van der Waals surface area contributed by atoms with E-state index in [1.165, 1.54) is 5.56 Å². The summed E-state index contributed by atoms with van der Waals surface area (Å²) in [7, 11) is 0. The Bertz CT molecular complexity index is 541. The molecule has 0 saturated carbocycles. The van der Waals surface area contributed by atoms with Crippen molar-refractivity contribution in [3.8, 4) is 0 Å². The van der Waals surface area contributed by atoms with E-state index in [4.69, 9.17) is 4.74 Å². The number of piperidine rings is 1. The van der Waals surface area contributed by atoms with Crippen LogP contribution in [0.4, 0.5) is 0 Å². The standard InChI is InChI=1S/C19H27N3O2/c1-2-12-24-14-15-8-10-22(11-9-15)19(23)18-13-17(20-21-18)16-6-4-3-5-7-16/h2-7,15,17-18,20-21H,1,8-14H2. The third-order valence-electron chi connectivity index (χ3n) is 4.92. The first kappa shape index (κ1) is 17.1. The molecule has 2 aliphatic heterocycles. The van der Waals surface area contributed by atoms with Crippen molar-refractivity contribution >= 4 is 5.91 Å². The van der Waals surface area contributed by atoms with Crippen LogP contribution in [0.15, 0.2) is 43.0 Å². The number of nitrogens with one attached hydrogen (secondary N) is 2. The zero-order chi connectivity index (χ0) is 16.8. The average molecular weight is 329 g/mol. The van der Waals surface area contributed by atoms with Gasteiger partial charge in [-0.15, -0.1) is 6.58 Å². The number of amides is 1. The Morgan fingerprint density at radius 2 is 2.00 bits per heavy atom. The molecule has 130 valence electrons. The lowest BCUT2D eigenvalue weighted by Crippen LogP contribution is -2.48. The molecule has 24 heavy (non-hydrogen) atoms. The summed E-state index contributed by atoms with van der Waals surface area (Å²) in [5, 5.41) is 0. The van der Waals surface area contributed by atoms with Crippen molar-refractivity contribution in [1.29, 1.82) is 0 Å². The van der Waals surface area contributed by atoms with E-state index in [9.17, 15) is 4.79 Å². The van der Waals surface area contributed by atoms with E-state index in [-0.39, 0.29) is 18.0 Å². The predicted molar refractivity (Wildman–Crippen MR) is 94.2 cm³/mol. The van der Waals surface area contributed by atoms with E-state index in [2.05, 4.69) is 29.6 Å². The fourth-order valence-electron chi connectivity index (χ4n) is 3.48. The molecule has 1 amide bonds. The number of hydrogen-bond acceptors (Lipinski definition) is 4. The molecule has 2 aliphatic rings. The average Bonchev–Trinajstić information content (AvgIpc) is 3.13. The van der Waals surface area contributed by atoms with Crippen LogP contribution in [0.3, 0.4) is 0 Å². The molecule has 2 heterocycles. The summed E-state index contributed by atoms with van der Waals surface area (Å²) in [6.07, 6.45) is 4.61. The van der Waals surface area contributed by atoms with Crippen LogP contribution in [0, 0.1) is 5.92 Å². The first-order chi connectivity index (χ1) is 11.8. The Morgan fingerprint density at radius 3 is 2.71 bits per heavy atom. The second kappa shape index (κ2) is 8.42. The molecule has 0 aromatic heterocycles. The van der Waals surface area contributed by atoms with Crippen LogP contribution in [-0.2, 0) is 9.53 Å². The number of benzene rings is 1. The lowest BCUT2D eigenvalue weighted by Gasteiger charge is -2.33. The summed E-state index contributed by atoms with van der Waals surface area (Å²) in [6.45, 7) is 6.70. The SMILES string of the molecule is C=CCOCC1CCN(C(=O)C2CC(c3ccccc3)NN2)CC1. The van der Waals surface area contributed by atoms with Crippen LogP contribution < -0.4 is 10.9 Å². The minimum absolute atomic E-state index is 0.135. The highest BCUT2D eigenvalue weighted by Gasteiger charge is 2.34. The topological polar surface area (TPSA) is 53.6 Å². The van der Waals surface area contributed by atoms with Gasteiger partial charge in [-0.05, 0) is 30.7 Å². The van der Waals surface area contributed by atoms with Gasteiger partial charge in [-0.25, -0.2) is 10.9 Å². The largest absolute Gasteiger partial charge is 0.377 e. The third-order valence-corrected chi connectivity index (χ3v) is 4.92. The molecule has 2 unspecified atom stereocenters. The van der Waals surface area contributed by atoms with Crippen molar-refractivity contribution in [2.24, 2.45) is 5.92 Å². The molecule has 0 radical (unpaired) electrons. The van der Waals surface area contributed by atoms with E-state index in [1.807, 2.05) is 23.1 Å². The molecule has 0 spiro atoms. The normalized spacial score (nSPS) is 24.9. The maximum Gasteiger partial charge on any atom is 0.241 e. The highest BCUT2D eigenvalue weighted by molar-refractivity contribution is 5.82. The highest BCUT2D eigenvalue weighted by Crippen LogP contribution is 2.24. The molecule has 5 nitrogen and oxygen atoms in total. The van der Waals surface area contributed by atoms with Gasteiger partial charge in [0.1, 0.15) is 6.04 Å². The Hall–Kier alpha value is -1.69. The van der Waals surface area contributed by atoms with E-state index < -0.39 is 0 Å². The lowest BCUT2D eigenvalue weighted by atomic mass is 9.96. The maximum atomic E-state index is 12.7. The lowest BCUT2D eigenvalue weighted by molar-refractivity contribution is -0.134. The van der Waals surface area contributed by atoms with Crippen molar-refractivity contribution in [2.45, 2.75) is 31.3 Å². The molecular weight excluding hydrogens is 302 g/mol. The van der Waals surface area contributed by atoms with Crippen molar-refractivity contribution in [3.05, 3.63) is 48.6 Å². The summed E-state index contributed by atoms with van der Waals surface area (Å²) in [4.78, 5) is 14.7. The Kier molecular flexibility index (Phi) is 6.01. The van der Waals surface area contributed by atoms with Gasteiger partial charge in [0, 0.05) is 25.7 Å². The summed E-state index contributed by atoms with van der Waals surface area (Å²) in [6, 6.07) is 10.3. The van der Waals surface area contributed by atoms with Gasteiger partial charge in [0.25, 0.3) is 0 Å². The van der Waals surface area contributed by atoms with Crippen molar-refractivity contribution in [1.82, 2.24) is 15.8 Å². The Labute approximate surface area is 144 Å². The first-order valence-electron chi connectivity index (χ1n) is 8.81. The summed E-state index contributed by atoms with van der Waals surface area (Å²) < 4.78 is 5.54. The van der Waals surface area contributed by atoms with Gasteiger partial charge in [0.05, 0.1) is 6.61 Å². The van der Waals surface area contributed by atoms with Gasteiger partial charge in [0.2, 0.25) is 5.91 Å². The Balaban J connectivity index is 1.45. The summed E-state index contributed by atoms with van der Waals surface area (Å²) >= 11 is 0. The molecule has 5 heteroatoms. The van der Waals surface area contributed by atoms with Gasteiger partial charge < -0.3 is 9.64 Å². The van der Waals surface area contributed by atoms with E-state index in [0.717, 1.165) is 39.0 Å². The minimum Gasteiger partial charge on any atom is -0.377 e. The number of nitrogens with zero attached hydrogens (tertiary/aromatic N) is 1.